The summed E-state index contributed by atoms with van der Waals surface area (Å²) in [4.78, 5) is 47.9. The van der Waals surface area contributed by atoms with Crippen LogP contribution < -0.4 is 0 Å². The van der Waals surface area contributed by atoms with Gasteiger partial charge in [0.2, 0.25) is 17.7 Å². The first-order valence-electron chi connectivity index (χ1n) is 14.5. The Hall–Kier alpha value is -2.19. The number of carbonyl (C=O) groups excluding carboxylic acids is 3. The first-order valence-corrected chi connectivity index (χ1v) is 14.5. The van der Waals surface area contributed by atoms with Crippen molar-refractivity contribution in [3.63, 3.8) is 0 Å². The number of likely N-dealkylation sites (tertiary alicyclic amines) is 1. The second-order valence-corrected chi connectivity index (χ2v) is 11.8. The molecule has 2 bridgehead atoms. The van der Waals surface area contributed by atoms with Gasteiger partial charge in [0.15, 0.2) is 0 Å². The predicted molar refractivity (Wildman–Crippen MR) is 148 cm³/mol. The molecule has 3 aliphatic rings. The molecule has 8 nitrogen and oxygen atoms in total. The molecule has 0 aromatic heterocycles. The van der Waals surface area contributed by atoms with Crippen LogP contribution in [0.3, 0.4) is 0 Å². The molecule has 7 atom stereocenters. The molecular weight excluding hydrogens is 482 g/mol. The van der Waals surface area contributed by atoms with Crippen molar-refractivity contribution < 1.29 is 24.2 Å². The molecule has 3 heterocycles. The molecule has 1 N–H and O–H groups in total. The minimum absolute atomic E-state index is 0.0424. The average molecular weight is 532 g/mol. The van der Waals surface area contributed by atoms with Gasteiger partial charge >= 0.3 is 0 Å². The van der Waals surface area contributed by atoms with E-state index in [1.54, 1.807) is 26.9 Å². The summed E-state index contributed by atoms with van der Waals surface area (Å²) in [7, 11) is 0. The normalized spacial score (nSPS) is 29.3. The fraction of sp³-hybridized carbons (Fsp3) is 0.767. The molecule has 0 aromatic rings. The third-order valence-electron chi connectivity index (χ3n) is 8.61. The van der Waals surface area contributed by atoms with Crippen molar-refractivity contribution >= 4 is 17.7 Å². The number of hydrogen-bond acceptors (Lipinski definition) is 5. The maximum Gasteiger partial charge on any atom is 0.248 e. The highest BCUT2D eigenvalue weighted by atomic mass is 16.5. The van der Waals surface area contributed by atoms with E-state index < -0.39 is 35.6 Å². The molecule has 3 rings (SSSR count). The highest BCUT2D eigenvalue weighted by Gasteiger charge is 2.75. The molecule has 0 radical (unpaired) electrons. The third kappa shape index (κ3) is 5.31. The number of ether oxygens (including phenoxy) is 1. The van der Waals surface area contributed by atoms with E-state index in [0.717, 1.165) is 19.3 Å². The molecule has 3 fully saturated rings. The van der Waals surface area contributed by atoms with Crippen molar-refractivity contribution in [2.45, 2.75) is 103 Å². The summed E-state index contributed by atoms with van der Waals surface area (Å²) in [6.45, 7) is 19.0. The van der Waals surface area contributed by atoms with Gasteiger partial charge in [0, 0.05) is 25.7 Å². The standard InChI is InChI=1S/C30H49N3O5/c1-8-12-21(7)32(17-11-4)29(37)26-30-14-13-23(38-30)24(27(35)31(15-9-2)16-10-3)25(30)28(36)33(26)22(19-34)18-20(5)6/h9,11,20-26,34H,2,4,8,10,12-19H2,1,3,5-7H3/t21?,22-,23+,24-,25+,26?,30?/m1/s1. The molecule has 3 amide bonds. The summed E-state index contributed by atoms with van der Waals surface area (Å²) in [6.07, 6.45) is 7.30. The average Bonchev–Trinajstić information content (AvgIpc) is 3.52. The van der Waals surface area contributed by atoms with Gasteiger partial charge in [-0.3, -0.25) is 14.4 Å². The monoisotopic (exact) mass is 531 g/mol. The number of rotatable bonds is 15. The topological polar surface area (TPSA) is 90.4 Å². The zero-order chi connectivity index (χ0) is 28.2. The molecule has 3 unspecified atom stereocenters. The largest absolute Gasteiger partial charge is 0.394 e. The van der Waals surface area contributed by atoms with Crippen molar-refractivity contribution in [2.24, 2.45) is 17.8 Å². The summed E-state index contributed by atoms with van der Waals surface area (Å²) in [5.41, 5.74) is -1.07. The van der Waals surface area contributed by atoms with Crippen molar-refractivity contribution in [2.75, 3.05) is 26.2 Å². The Kier molecular flexibility index (Phi) is 10.2. The minimum Gasteiger partial charge on any atom is -0.394 e. The molecule has 0 aliphatic carbocycles. The fourth-order valence-electron chi connectivity index (χ4n) is 7.15. The van der Waals surface area contributed by atoms with Gasteiger partial charge in [0.25, 0.3) is 0 Å². The van der Waals surface area contributed by atoms with E-state index in [4.69, 9.17) is 4.74 Å². The number of hydrogen-bond donors (Lipinski definition) is 1. The summed E-state index contributed by atoms with van der Waals surface area (Å²) < 4.78 is 6.64. The summed E-state index contributed by atoms with van der Waals surface area (Å²) >= 11 is 0. The van der Waals surface area contributed by atoms with E-state index in [1.165, 1.54) is 0 Å². The lowest BCUT2D eigenvalue weighted by Gasteiger charge is -2.41. The van der Waals surface area contributed by atoms with Crippen molar-refractivity contribution in [3.8, 4) is 0 Å². The van der Waals surface area contributed by atoms with Crippen LogP contribution in [0.2, 0.25) is 0 Å². The van der Waals surface area contributed by atoms with E-state index in [0.29, 0.717) is 38.9 Å². The molecule has 3 saturated heterocycles. The number of carbonyl (C=O) groups is 3. The molecule has 0 aromatic carbocycles. The first kappa shape index (κ1) is 30.4. The highest BCUT2D eigenvalue weighted by molar-refractivity contribution is 5.99. The van der Waals surface area contributed by atoms with Gasteiger partial charge in [0.1, 0.15) is 11.6 Å². The minimum atomic E-state index is -1.07. The molecule has 0 saturated carbocycles. The highest BCUT2D eigenvalue weighted by Crippen LogP contribution is 2.59. The fourth-order valence-corrected chi connectivity index (χ4v) is 7.15. The zero-order valence-electron chi connectivity index (χ0n) is 24.1. The van der Waals surface area contributed by atoms with E-state index in [2.05, 4.69) is 20.1 Å². The van der Waals surface area contributed by atoms with Crippen molar-refractivity contribution in [1.82, 2.24) is 14.7 Å². The van der Waals surface area contributed by atoms with E-state index in [9.17, 15) is 19.5 Å². The van der Waals surface area contributed by atoms with Crippen LogP contribution in [0.25, 0.3) is 0 Å². The van der Waals surface area contributed by atoms with Crippen LogP contribution in [0.4, 0.5) is 0 Å². The number of nitrogens with zero attached hydrogens (tertiary/aromatic N) is 3. The summed E-state index contributed by atoms with van der Waals surface area (Å²) in [6, 6.07) is -1.45. The Morgan fingerprint density at radius 3 is 2.39 bits per heavy atom. The lowest BCUT2D eigenvalue weighted by molar-refractivity contribution is -0.153. The van der Waals surface area contributed by atoms with E-state index >= 15 is 0 Å². The lowest BCUT2D eigenvalue weighted by atomic mass is 9.70. The predicted octanol–water partition coefficient (Wildman–Crippen LogP) is 3.40. The lowest BCUT2D eigenvalue weighted by Crippen LogP contribution is -2.60. The molecular formula is C30H49N3O5. The molecule has 8 heteroatoms. The van der Waals surface area contributed by atoms with Gasteiger partial charge in [-0.05, 0) is 44.9 Å². The Bertz CT molecular complexity index is 891. The molecule has 1 spiro atoms. The van der Waals surface area contributed by atoms with Gasteiger partial charge in [-0.15, -0.1) is 13.2 Å². The van der Waals surface area contributed by atoms with Crippen molar-refractivity contribution in [1.29, 1.82) is 0 Å². The Morgan fingerprint density at radius 1 is 1.16 bits per heavy atom. The van der Waals surface area contributed by atoms with Crippen LogP contribution in [-0.2, 0) is 19.1 Å². The number of amides is 3. The van der Waals surface area contributed by atoms with Gasteiger partial charge in [0.05, 0.1) is 30.6 Å². The molecule has 3 aliphatic heterocycles. The SMILES string of the molecule is C=CCN(CCC)C(=O)[C@@H]1[C@@H]2CCC3(O2)C(C(=O)N(CC=C)C(C)CCC)N([C@@H](CO)CC(C)C)C(=O)[C@H]13. The third-order valence-corrected chi connectivity index (χ3v) is 8.61. The number of aliphatic hydroxyl groups is 1. The summed E-state index contributed by atoms with van der Waals surface area (Å²) in [5.74, 6) is -1.67. The Balaban J connectivity index is 2.11. The van der Waals surface area contributed by atoms with Gasteiger partial charge < -0.3 is 24.5 Å². The second kappa shape index (κ2) is 12.8. The second-order valence-electron chi connectivity index (χ2n) is 11.8. The number of aliphatic hydroxyl groups excluding tert-OH is 1. The summed E-state index contributed by atoms with van der Waals surface area (Å²) in [5, 5.41) is 10.5. The Morgan fingerprint density at radius 2 is 1.84 bits per heavy atom. The van der Waals surface area contributed by atoms with E-state index in [1.807, 2.05) is 27.7 Å². The maximum atomic E-state index is 14.5. The van der Waals surface area contributed by atoms with Gasteiger partial charge in [-0.2, -0.15) is 0 Å². The van der Waals surface area contributed by atoms with Crippen LogP contribution in [0.5, 0.6) is 0 Å². The van der Waals surface area contributed by atoms with Crippen molar-refractivity contribution in [3.05, 3.63) is 25.3 Å². The van der Waals surface area contributed by atoms with Crippen LogP contribution in [-0.4, -0.2) is 93.6 Å². The Labute approximate surface area is 229 Å². The maximum absolute atomic E-state index is 14.5. The van der Waals surface area contributed by atoms with Crippen LogP contribution in [0, 0.1) is 17.8 Å². The van der Waals surface area contributed by atoms with E-state index in [-0.39, 0.29) is 36.3 Å². The van der Waals surface area contributed by atoms with Crippen LogP contribution in [0.15, 0.2) is 25.3 Å². The number of fused-ring (bicyclic) bond motifs is 1. The zero-order valence-corrected chi connectivity index (χ0v) is 24.1. The van der Waals surface area contributed by atoms with Gasteiger partial charge in [-0.1, -0.05) is 46.3 Å². The van der Waals surface area contributed by atoms with Crippen LogP contribution in [0.1, 0.15) is 73.1 Å². The van der Waals surface area contributed by atoms with Crippen LogP contribution >= 0.6 is 0 Å². The van der Waals surface area contributed by atoms with Gasteiger partial charge in [-0.25, -0.2) is 0 Å². The molecule has 214 valence electrons. The smallest absolute Gasteiger partial charge is 0.248 e. The first-order chi connectivity index (χ1) is 18.1. The molecule has 38 heavy (non-hydrogen) atoms. The quantitative estimate of drug-likeness (QED) is 0.327.